The lowest BCUT2D eigenvalue weighted by Crippen LogP contribution is -2.43. The van der Waals surface area contributed by atoms with Gasteiger partial charge in [-0.2, -0.15) is 0 Å². The SMILES string of the molecule is CN1CCN(Cc2ccc(CNCc3ccc(F)cc3)cc2)CC1. The molecule has 0 bridgehead atoms. The average Bonchev–Trinajstić information content (AvgIpc) is 2.60. The zero-order chi connectivity index (χ0) is 16.8. The Kier molecular flexibility index (Phi) is 5.96. The molecule has 1 heterocycles. The normalized spacial score (nSPS) is 16.4. The van der Waals surface area contributed by atoms with Crippen molar-refractivity contribution in [3.05, 3.63) is 71.0 Å². The maximum absolute atomic E-state index is 12.9. The molecule has 0 aromatic heterocycles. The van der Waals surface area contributed by atoms with Crippen molar-refractivity contribution < 1.29 is 4.39 Å². The number of halogens is 1. The quantitative estimate of drug-likeness (QED) is 0.880. The minimum absolute atomic E-state index is 0.185. The number of nitrogens with one attached hydrogen (secondary N) is 1. The van der Waals surface area contributed by atoms with Crippen LogP contribution in [0, 0.1) is 5.82 Å². The summed E-state index contributed by atoms with van der Waals surface area (Å²) in [5.41, 5.74) is 3.75. The van der Waals surface area contributed by atoms with E-state index in [1.165, 1.54) is 23.3 Å². The molecular formula is C20H26FN3. The van der Waals surface area contributed by atoms with Crippen LogP contribution >= 0.6 is 0 Å². The largest absolute Gasteiger partial charge is 0.309 e. The van der Waals surface area contributed by atoms with Gasteiger partial charge in [0.1, 0.15) is 5.82 Å². The molecular weight excluding hydrogens is 301 g/mol. The van der Waals surface area contributed by atoms with Crippen LogP contribution in [0.1, 0.15) is 16.7 Å². The van der Waals surface area contributed by atoms with E-state index in [1.54, 1.807) is 0 Å². The van der Waals surface area contributed by atoms with E-state index in [1.807, 2.05) is 12.1 Å². The molecule has 0 spiro atoms. The van der Waals surface area contributed by atoms with Crippen LogP contribution in [-0.4, -0.2) is 43.0 Å². The third-order valence-corrected chi connectivity index (χ3v) is 4.60. The number of hydrogen-bond acceptors (Lipinski definition) is 3. The molecule has 1 saturated heterocycles. The molecule has 0 unspecified atom stereocenters. The van der Waals surface area contributed by atoms with E-state index in [9.17, 15) is 4.39 Å². The van der Waals surface area contributed by atoms with Gasteiger partial charge in [0.05, 0.1) is 0 Å². The molecule has 3 nitrogen and oxygen atoms in total. The average molecular weight is 327 g/mol. The van der Waals surface area contributed by atoms with Gasteiger partial charge < -0.3 is 10.2 Å². The monoisotopic (exact) mass is 327 g/mol. The molecule has 128 valence electrons. The third kappa shape index (κ3) is 5.13. The summed E-state index contributed by atoms with van der Waals surface area (Å²) in [5, 5.41) is 3.40. The van der Waals surface area contributed by atoms with Gasteiger partial charge >= 0.3 is 0 Å². The topological polar surface area (TPSA) is 18.5 Å². The second-order valence-corrected chi connectivity index (χ2v) is 6.63. The maximum atomic E-state index is 12.9. The molecule has 0 aliphatic carbocycles. The summed E-state index contributed by atoms with van der Waals surface area (Å²) < 4.78 is 12.9. The first-order valence-corrected chi connectivity index (χ1v) is 8.63. The van der Waals surface area contributed by atoms with Crippen LogP contribution in [0.3, 0.4) is 0 Å². The van der Waals surface area contributed by atoms with E-state index in [0.29, 0.717) is 0 Å². The first-order valence-electron chi connectivity index (χ1n) is 8.63. The Morgan fingerprint density at radius 2 is 1.29 bits per heavy atom. The summed E-state index contributed by atoms with van der Waals surface area (Å²) in [6, 6.07) is 15.5. The van der Waals surface area contributed by atoms with E-state index < -0.39 is 0 Å². The smallest absolute Gasteiger partial charge is 0.123 e. The van der Waals surface area contributed by atoms with Crippen LogP contribution in [0.25, 0.3) is 0 Å². The second-order valence-electron chi connectivity index (χ2n) is 6.63. The van der Waals surface area contributed by atoms with E-state index >= 15 is 0 Å². The number of likely N-dealkylation sites (N-methyl/N-ethyl adjacent to an activating group) is 1. The van der Waals surface area contributed by atoms with Crippen molar-refractivity contribution in [1.82, 2.24) is 15.1 Å². The van der Waals surface area contributed by atoms with Gasteiger partial charge in [-0.05, 0) is 35.9 Å². The molecule has 4 heteroatoms. The predicted octanol–water partition coefficient (Wildman–Crippen LogP) is 2.86. The Bertz CT molecular complexity index is 616. The fourth-order valence-corrected chi connectivity index (χ4v) is 2.98. The summed E-state index contributed by atoms with van der Waals surface area (Å²) in [6.45, 7) is 7.23. The van der Waals surface area contributed by atoms with Crippen molar-refractivity contribution in [1.29, 1.82) is 0 Å². The van der Waals surface area contributed by atoms with Crippen molar-refractivity contribution in [2.45, 2.75) is 19.6 Å². The molecule has 0 radical (unpaired) electrons. The molecule has 2 aromatic carbocycles. The van der Waals surface area contributed by atoms with Gasteiger partial charge in [0, 0.05) is 45.8 Å². The van der Waals surface area contributed by atoms with Gasteiger partial charge in [-0.25, -0.2) is 4.39 Å². The minimum Gasteiger partial charge on any atom is -0.309 e. The molecule has 3 rings (SSSR count). The Balaban J connectivity index is 1.43. The summed E-state index contributed by atoms with van der Waals surface area (Å²) in [4.78, 5) is 4.90. The van der Waals surface area contributed by atoms with Gasteiger partial charge in [-0.1, -0.05) is 36.4 Å². The first-order chi connectivity index (χ1) is 11.7. The van der Waals surface area contributed by atoms with Gasteiger partial charge in [0.2, 0.25) is 0 Å². The molecule has 0 atom stereocenters. The highest BCUT2D eigenvalue weighted by Crippen LogP contribution is 2.10. The molecule has 2 aromatic rings. The van der Waals surface area contributed by atoms with Gasteiger partial charge in [-0.15, -0.1) is 0 Å². The molecule has 24 heavy (non-hydrogen) atoms. The lowest BCUT2D eigenvalue weighted by molar-refractivity contribution is 0.148. The highest BCUT2D eigenvalue weighted by atomic mass is 19.1. The maximum Gasteiger partial charge on any atom is 0.123 e. The van der Waals surface area contributed by atoms with Crippen molar-refractivity contribution in [2.24, 2.45) is 0 Å². The van der Waals surface area contributed by atoms with E-state index in [0.717, 1.165) is 51.4 Å². The Labute approximate surface area is 144 Å². The van der Waals surface area contributed by atoms with Crippen LogP contribution in [-0.2, 0) is 19.6 Å². The van der Waals surface area contributed by atoms with Crippen molar-refractivity contribution in [2.75, 3.05) is 33.2 Å². The minimum atomic E-state index is -0.185. The number of nitrogens with zero attached hydrogens (tertiary/aromatic N) is 2. The van der Waals surface area contributed by atoms with E-state index in [2.05, 4.69) is 46.4 Å². The molecule has 1 N–H and O–H groups in total. The predicted molar refractivity (Wildman–Crippen MR) is 96.2 cm³/mol. The number of rotatable bonds is 6. The lowest BCUT2D eigenvalue weighted by Gasteiger charge is -2.32. The van der Waals surface area contributed by atoms with E-state index in [4.69, 9.17) is 0 Å². The molecule has 1 aliphatic rings. The number of benzene rings is 2. The first kappa shape index (κ1) is 17.1. The van der Waals surface area contributed by atoms with Crippen molar-refractivity contribution in [3.63, 3.8) is 0 Å². The van der Waals surface area contributed by atoms with Gasteiger partial charge in [0.15, 0.2) is 0 Å². The van der Waals surface area contributed by atoms with Crippen molar-refractivity contribution >= 4 is 0 Å². The highest BCUT2D eigenvalue weighted by Gasteiger charge is 2.13. The fourth-order valence-electron chi connectivity index (χ4n) is 2.98. The lowest BCUT2D eigenvalue weighted by atomic mass is 10.1. The Hall–Kier alpha value is -1.75. The van der Waals surface area contributed by atoms with Crippen LogP contribution in [0.15, 0.2) is 48.5 Å². The number of hydrogen-bond donors (Lipinski definition) is 1. The summed E-state index contributed by atoms with van der Waals surface area (Å²) >= 11 is 0. The van der Waals surface area contributed by atoms with Crippen LogP contribution < -0.4 is 5.32 Å². The Morgan fingerprint density at radius 1 is 0.792 bits per heavy atom. The molecule has 0 amide bonds. The van der Waals surface area contributed by atoms with Crippen LogP contribution in [0.2, 0.25) is 0 Å². The summed E-state index contributed by atoms with van der Waals surface area (Å²) in [5.74, 6) is -0.185. The molecule has 1 aliphatic heterocycles. The fraction of sp³-hybridized carbons (Fsp3) is 0.400. The van der Waals surface area contributed by atoms with Gasteiger partial charge in [-0.3, -0.25) is 4.90 Å². The summed E-state index contributed by atoms with van der Waals surface area (Å²) in [7, 11) is 2.19. The van der Waals surface area contributed by atoms with Gasteiger partial charge in [0.25, 0.3) is 0 Å². The highest BCUT2D eigenvalue weighted by molar-refractivity contribution is 5.23. The zero-order valence-corrected chi connectivity index (χ0v) is 14.3. The van der Waals surface area contributed by atoms with E-state index in [-0.39, 0.29) is 5.82 Å². The molecule has 1 fully saturated rings. The third-order valence-electron chi connectivity index (χ3n) is 4.60. The standard InChI is InChI=1S/C20H26FN3/c1-23-10-12-24(13-11-23)16-19-4-2-17(3-5-19)14-22-15-18-6-8-20(21)9-7-18/h2-9,22H,10-16H2,1H3. The Morgan fingerprint density at radius 3 is 1.88 bits per heavy atom. The second kappa shape index (κ2) is 8.38. The zero-order valence-electron chi connectivity index (χ0n) is 14.3. The van der Waals surface area contributed by atoms with Crippen LogP contribution in [0.5, 0.6) is 0 Å². The number of piperazine rings is 1. The van der Waals surface area contributed by atoms with Crippen molar-refractivity contribution in [3.8, 4) is 0 Å². The molecule has 0 saturated carbocycles. The van der Waals surface area contributed by atoms with Crippen LogP contribution in [0.4, 0.5) is 4.39 Å². The summed E-state index contributed by atoms with van der Waals surface area (Å²) in [6.07, 6.45) is 0.